The lowest BCUT2D eigenvalue weighted by Crippen LogP contribution is -2.09. The van der Waals surface area contributed by atoms with Gasteiger partial charge in [-0.15, -0.1) is 11.3 Å². The highest BCUT2D eigenvalue weighted by atomic mass is 32.2. The topological polar surface area (TPSA) is 69.2 Å². The summed E-state index contributed by atoms with van der Waals surface area (Å²) in [5, 5.41) is 2.78. The van der Waals surface area contributed by atoms with E-state index in [0.717, 1.165) is 27.4 Å². The summed E-state index contributed by atoms with van der Waals surface area (Å²) in [6.07, 6.45) is 4.00. The number of pyridine rings is 1. The van der Waals surface area contributed by atoms with Gasteiger partial charge in [-0.25, -0.2) is 4.98 Å². The lowest BCUT2D eigenvalue weighted by molar-refractivity contribution is 0.321. The fourth-order valence-electron chi connectivity index (χ4n) is 2.26. The Balaban J connectivity index is 1.62. The van der Waals surface area contributed by atoms with E-state index < -0.39 is 10.1 Å². The zero-order valence-corrected chi connectivity index (χ0v) is 15.6. The Hall–Kier alpha value is -2.09. The minimum absolute atomic E-state index is 0.0610. The summed E-state index contributed by atoms with van der Waals surface area (Å²) >= 11 is 1.51. The molecule has 1 aromatic carbocycles. The van der Waals surface area contributed by atoms with Crippen molar-refractivity contribution in [3.05, 3.63) is 64.9 Å². The first kappa shape index (κ1) is 17.7. The van der Waals surface area contributed by atoms with Crippen LogP contribution < -0.4 is 0 Å². The Morgan fingerprint density at radius 2 is 1.84 bits per heavy atom. The summed E-state index contributed by atoms with van der Waals surface area (Å²) in [7, 11) is -3.73. The second-order valence-electron chi connectivity index (χ2n) is 5.73. The SMILES string of the molecule is Cc1ccc(S(=O)(=O)OCCc2csc(-c3cncc(C)c3)n2)cc1. The molecule has 0 N–H and O–H groups in total. The van der Waals surface area contributed by atoms with E-state index in [9.17, 15) is 8.42 Å². The summed E-state index contributed by atoms with van der Waals surface area (Å²) in [6.45, 7) is 3.95. The fraction of sp³-hybridized carbons (Fsp3) is 0.222. The molecule has 130 valence electrons. The van der Waals surface area contributed by atoms with E-state index >= 15 is 0 Å². The van der Waals surface area contributed by atoms with Gasteiger partial charge in [0, 0.05) is 29.8 Å². The van der Waals surface area contributed by atoms with Gasteiger partial charge in [-0.2, -0.15) is 8.42 Å². The fourth-order valence-corrected chi connectivity index (χ4v) is 4.00. The van der Waals surface area contributed by atoms with E-state index in [1.807, 2.05) is 25.3 Å². The first-order valence-electron chi connectivity index (χ1n) is 7.76. The van der Waals surface area contributed by atoms with Gasteiger partial charge >= 0.3 is 0 Å². The molecule has 7 heteroatoms. The van der Waals surface area contributed by atoms with Crippen LogP contribution in [-0.2, 0) is 20.7 Å². The van der Waals surface area contributed by atoms with Crippen LogP contribution in [0.2, 0.25) is 0 Å². The van der Waals surface area contributed by atoms with Gasteiger partial charge in [0.2, 0.25) is 0 Å². The Bertz CT molecular complexity index is 964. The van der Waals surface area contributed by atoms with Crippen LogP contribution in [0, 0.1) is 13.8 Å². The monoisotopic (exact) mass is 374 g/mol. The molecule has 0 radical (unpaired) electrons. The maximum atomic E-state index is 12.1. The molecule has 0 saturated carbocycles. The number of thiazole rings is 1. The van der Waals surface area contributed by atoms with Gasteiger partial charge in [0.25, 0.3) is 10.1 Å². The molecule has 0 unspecified atom stereocenters. The van der Waals surface area contributed by atoms with Crippen molar-refractivity contribution in [3.63, 3.8) is 0 Å². The van der Waals surface area contributed by atoms with Crippen molar-refractivity contribution in [3.8, 4) is 10.6 Å². The molecule has 0 fully saturated rings. The normalized spacial score (nSPS) is 11.6. The van der Waals surface area contributed by atoms with Crippen molar-refractivity contribution in [2.45, 2.75) is 25.2 Å². The largest absolute Gasteiger partial charge is 0.296 e. The second kappa shape index (κ2) is 7.43. The average Bonchev–Trinajstić information content (AvgIpc) is 3.04. The summed E-state index contributed by atoms with van der Waals surface area (Å²) in [4.78, 5) is 8.87. The van der Waals surface area contributed by atoms with Crippen LogP contribution in [0.1, 0.15) is 16.8 Å². The molecular formula is C18H18N2O3S2. The van der Waals surface area contributed by atoms with Crippen LogP contribution in [0.25, 0.3) is 10.6 Å². The molecule has 2 aromatic heterocycles. The van der Waals surface area contributed by atoms with E-state index in [4.69, 9.17) is 4.18 Å². The number of benzene rings is 1. The summed E-state index contributed by atoms with van der Waals surface area (Å²) in [5.74, 6) is 0. The molecule has 0 spiro atoms. The van der Waals surface area contributed by atoms with Gasteiger partial charge in [0.05, 0.1) is 17.2 Å². The Morgan fingerprint density at radius 3 is 2.56 bits per heavy atom. The zero-order valence-electron chi connectivity index (χ0n) is 14.0. The Morgan fingerprint density at radius 1 is 1.08 bits per heavy atom. The molecule has 0 aliphatic heterocycles. The van der Waals surface area contributed by atoms with E-state index in [0.29, 0.717) is 6.42 Å². The standard InChI is InChI=1S/C18H18N2O3S2/c1-13-3-5-17(6-4-13)25(21,22)23-8-7-16-12-24-18(20-16)15-9-14(2)10-19-11-15/h3-6,9-12H,7-8H2,1-2H3. The lowest BCUT2D eigenvalue weighted by atomic mass is 10.2. The van der Waals surface area contributed by atoms with Crippen LogP contribution in [0.5, 0.6) is 0 Å². The van der Waals surface area contributed by atoms with Crippen molar-refractivity contribution in [1.29, 1.82) is 0 Å². The van der Waals surface area contributed by atoms with Crippen molar-refractivity contribution in [1.82, 2.24) is 9.97 Å². The van der Waals surface area contributed by atoms with Gasteiger partial charge in [-0.3, -0.25) is 9.17 Å². The number of nitrogens with zero attached hydrogens (tertiary/aromatic N) is 2. The van der Waals surface area contributed by atoms with Gasteiger partial charge in [0.15, 0.2) is 0 Å². The van der Waals surface area contributed by atoms with E-state index in [1.165, 1.54) is 11.3 Å². The van der Waals surface area contributed by atoms with Gasteiger partial charge < -0.3 is 0 Å². The predicted octanol–water partition coefficient (Wildman–Crippen LogP) is 3.77. The predicted molar refractivity (Wildman–Crippen MR) is 98.1 cm³/mol. The third-order valence-corrected chi connectivity index (χ3v) is 5.85. The van der Waals surface area contributed by atoms with E-state index in [2.05, 4.69) is 9.97 Å². The minimum Gasteiger partial charge on any atom is -0.266 e. The maximum Gasteiger partial charge on any atom is 0.296 e. The van der Waals surface area contributed by atoms with E-state index in [1.54, 1.807) is 36.7 Å². The first-order chi connectivity index (χ1) is 11.9. The average molecular weight is 374 g/mol. The second-order valence-corrected chi connectivity index (χ2v) is 8.21. The highest BCUT2D eigenvalue weighted by Crippen LogP contribution is 2.24. The van der Waals surface area contributed by atoms with Crippen molar-refractivity contribution in [2.75, 3.05) is 6.61 Å². The van der Waals surface area contributed by atoms with Crippen molar-refractivity contribution >= 4 is 21.5 Å². The highest BCUT2D eigenvalue weighted by Gasteiger charge is 2.15. The quantitative estimate of drug-likeness (QED) is 0.614. The molecule has 0 amide bonds. The summed E-state index contributed by atoms with van der Waals surface area (Å²) < 4.78 is 29.4. The van der Waals surface area contributed by atoms with Crippen LogP contribution >= 0.6 is 11.3 Å². The molecule has 0 bridgehead atoms. The van der Waals surface area contributed by atoms with Crippen LogP contribution in [-0.4, -0.2) is 25.0 Å². The molecule has 0 aliphatic carbocycles. The Labute approximate surface area is 151 Å². The van der Waals surface area contributed by atoms with Crippen LogP contribution in [0.15, 0.2) is 53.0 Å². The molecule has 25 heavy (non-hydrogen) atoms. The summed E-state index contributed by atoms with van der Waals surface area (Å²) in [5.41, 5.74) is 3.84. The van der Waals surface area contributed by atoms with Crippen LogP contribution in [0.4, 0.5) is 0 Å². The molecule has 0 aliphatic rings. The van der Waals surface area contributed by atoms with Gasteiger partial charge in [-0.05, 0) is 37.6 Å². The molecule has 2 heterocycles. The third-order valence-electron chi connectivity index (χ3n) is 3.58. The number of hydrogen-bond acceptors (Lipinski definition) is 6. The lowest BCUT2D eigenvalue weighted by Gasteiger charge is -2.05. The number of rotatable bonds is 6. The van der Waals surface area contributed by atoms with Crippen molar-refractivity contribution < 1.29 is 12.6 Å². The Kier molecular flexibility index (Phi) is 5.27. The molecule has 3 aromatic rings. The third kappa shape index (κ3) is 4.50. The summed E-state index contributed by atoms with van der Waals surface area (Å²) in [6, 6.07) is 8.62. The maximum absolute atomic E-state index is 12.1. The van der Waals surface area contributed by atoms with Crippen molar-refractivity contribution in [2.24, 2.45) is 0 Å². The number of aryl methyl sites for hydroxylation is 2. The molecule has 0 atom stereocenters. The minimum atomic E-state index is -3.73. The molecule has 0 saturated heterocycles. The highest BCUT2D eigenvalue weighted by molar-refractivity contribution is 7.86. The van der Waals surface area contributed by atoms with Gasteiger partial charge in [0.1, 0.15) is 5.01 Å². The smallest absolute Gasteiger partial charge is 0.266 e. The van der Waals surface area contributed by atoms with Crippen LogP contribution in [0.3, 0.4) is 0 Å². The van der Waals surface area contributed by atoms with E-state index in [-0.39, 0.29) is 11.5 Å². The molecule has 5 nitrogen and oxygen atoms in total. The molecular weight excluding hydrogens is 356 g/mol. The number of hydrogen-bond donors (Lipinski definition) is 0. The molecule has 3 rings (SSSR count). The first-order valence-corrected chi connectivity index (χ1v) is 10.1. The van der Waals surface area contributed by atoms with Gasteiger partial charge in [-0.1, -0.05) is 17.7 Å². The number of aromatic nitrogens is 2. The zero-order chi connectivity index (χ0) is 17.9.